The highest BCUT2D eigenvalue weighted by molar-refractivity contribution is 7.89. The highest BCUT2D eigenvalue weighted by Crippen LogP contribution is 2.07. The first kappa shape index (κ1) is 15.5. The quantitative estimate of drug-likeness (QED) is 0.562. The van der Waals surface area contributed by atoms with E-state index in [1.165, 1.54) is 12.4 Å². The Labute approximate surface area is 122 Å². The molecule has 0 aromatic carbocycles. The van der Waals surface area contributed by atoms with E-state index in [9.17, 15) is 8.42 Å². The topological polar surface area (TPSA) is 130 Å². The van der Waals surface area contributed by atoms with Gasteiger partial charge in [-0.15, -0.1) is 10.2 Å². The molecule has 0 fully saturated rings. The summed E-state index contributed by atoms with van der Waals surface area (Å²) < 4.78 is 28.1. The van der Waals surface area contributed by atoms with Crippen LogP contribution in [0.4, 0.5) is 0 Å². The van der Waals surface area contributed by atoms with Crippen LogP contribution in [-0.4, -0.2) is 51.4 Å². The number of sulfonamides is 1. The molecule has 11 heteroatoms. The van der Waals surface area contributed by atoms with Crippen LogP contribution in [0.3, 0.4) is 0 Å². The molecule has 0 radical (unpaired) electrons. The third-order valence-electron chi connectivity index (χ3n) is 2.62. The Bertz CT molecular complexity index is 648. The summed E-state index contributed by atoms with van der Waals surface area (Å²) in [5.41, 5.74) is 0. The molecule has 10 nitrogen and oxygen atoms in total. The van der Waals surface area contributed by atoms with Crippen molar-refractivity contribution in [3.05, 3.63) is 18.2 Å². The fourth-order valence-electron chi connectivity index (χ4n) is 1.57. The van der Waals surface area contributed by atoms with Crippen molar-refractivity contribution >= 4 is 10.0 Å². The molecule has 0 atom stereocenters. The Morgan fingerprint density at radius 1 is 1.43 bits per heavy atom. The smallest absolute Gasteiger partial charge is 0.244 e. The molecular formula is C10H18N8O2S. The third kappa shape index (κ3) is 4.58. The molecule has 2 aromatic rings. The molecule has 0 saturated carbocycles. The number of tetrazole rings is 1. The number of nitrogens with zero attached hydrogens (tertiary/aromatic N) is 5. The minimum atomic E-state index is -3.63. The lowest BCUT2D eigenvalue weighted by atomic mass is 10.4. The third-order valence-corrected chi connectivity index (χ3v) is 3.98. The highest BCUT2D eigenvalue weighted by atomic mass is 32.2. The summed E-state index contributed by atoms with van der Waals surface area (Å²) in [6, 6.07) is 0.375. The van der Waals surface area contributed by atoms with E-state index in [-0.39, 0.29) is 17.3 Å². The van der Waals surface area contributed by atoms with Gasteiger partial charge in [0, 0.05) is 18.8 Å². The number of hydrogen-bond donors (Lipinski definition) is 3. The molecule has 0 saturated heterocycles. The molecule has 21 heavy (non-hydrogen) atoms. The highest BCUT2D eigenvalue weighted by Gasteiger charge is 2.17. The molecule has 116 valence electrons. The van der Waals surface area contributed by atoms with Gasteiger partial charge in [-0.1, -0.05) is 19.1 Å². The normalized spacial score (nSPS) is 12.1. The van der Waals surface area contributed by atoms with Crippen LogP contribution >= 0.6 is 0 Å². The maximum Gasteiger partial charge on any atom is 0.244 e. The van der Waals surface area contributed by atoms with E-state index >= 15 is 0 Å². The first-order chi connectivity index (χ1) is 9.97. The second kappa shape index (κ2) is 6.74. The summed E-state index contributed by atoms with van der Waals surface area (Å²) in [6.07, 6.45) is 2.80. The Morgan fingerprint density at radius 3 is 2.90 bits per heavy atom. The summed E-state index contributed by atoms with van der Waals surface area (Å²) in [5, 5.41) is 20.2. The van der Waals surface area contributed by atoms with Crippen molar-refractivity contribution in [1.82, 2.24) is 40.4 Å². The number of hydrogen-bond acceptors (Lipinski definition) is 7. The van der Waals surface area contributed by atoms with E-state index in [2.05, 4.69) is 35.8 Å². The van der Waals surface area contributed by atoms with E-state index in [0.29, 0.717) is 12.6 Å². The predicted molar refractivity (Wildman–Crippen MR) is 73.6 cm³/mol. The summed E-state index contributed by atoms with van der Waals surface area (Å²) >= 11 is 0. The molecule has 0 spiro atoms. The van der Waals surface area contributed by atoms with Gasteiger partial charge in [0.2, 0.25) is 10.0 Å². The van der Waals surface area contributed by atoms with Crippen LogP contribution < -0.4 is 10.0 Å². The summed E-state index contributed by atoms with van der Waals surface area (Å²) in [4.78, 5) is 0.107. The van der Waals surface area contributed by atoms with Gasteiger partial charge in [-0.2, -0.15) is 10.3 Å². The standard InChI is InChI=1S/C10H18N8O2S/c1-8(2)11-3-4-18-7-9(5-12-18)21(19,20)13-6-10-14-16-17-15-10/h5,7-8,11,13H,3-4,6H2,1-2H3,(H,14,15,16,17). The summed E-state index contributed by atoms with van der Waals surface area (Å²) in [5.74, 6) is 0.270. The Balaban J connectivity index is 1.92. The number of aromatic nitrogens is 6. The molecule has 0 aliphatic heterocycles. The average Bonchev–Trinajstić information content (AvgIpc) is 3.07. The van der Waals surface area contributed by atoms with Crippen LogP contribution in [0, 0.1) is 0 Å². The van der Waals surface area contributed by atoms with Gasteiger partial charge in [0.15, 0.2) is 5.82 Å². The molecule has 0 unspecified atom stereocenters. The van der Waals surface area contributed by atoms with Crippen molar-refractivity contribution in [2.75, 3.05) is 6.54 Å². The van der Waals surface area contributed by atoms with Crippen LogP contribution in [-0.2, 0) is 23.1 Å². The Kier molecular flexibility index (Phi) is 4.98. The van der Waals surface area contributed by atoms with E-state index in [0.717, 1.165) is 6.54 Å². The van der Waals surface area contributed by atoms with Gasteiger partial charge >= 0.3 is 0 Å². The van der Waals surface area contributed by atoms with E-state index < -0.39 is 10.0 Å². The molecule has 0 amide bonds. The van der Waals surface area contributed by atoms with Crippen molar-refractivity contribution in [2.45, 2.75) is 37.9 Å². The Morgan fingerprint density at radius 2 is 2.24 bits per heavy atom. The molecule has 3 N–H and O–H groups in total. The number of nitrogens with one attached hydrogen (secondary N) is 3. The maximum atomic E-state index is 12.1. The summed E-state index contributed by atoms with van der Waals surface area (Å²) in [7, 11) is -3.63. The lowest BCUT2D eigenvalue weighted by Gasteiger charge is -2.07. The van der Waals surface area contributed by atoms with E-state index in [1.807, 2.05) is 13.8 Å². The van der Waals surface area contributed by atoms with Gasteiger partial charge in [-0.25, -0.2) is 13.1 Å². The van der Waals surface area contributed by atoms with E-state index in [4.69, 9.17) is 0 Å². The zero-order valence-corrected chi connectivity index (χ0v) is 12.6. The first-order valence-electron chi connectivity index (χ1n) is 6.45. The largest absolute Gasteiger partial charge is 0.313 e. The van der Waals surface area contributed by atoms with Crippen LogP contribution in [0.2, 0.25) is 0 Å². The summed E-state index contributed by atoms with van der Waals surface area (Å²) in [6.45, 7) is 5.37. The number of aromatic amines is 1. The van der Waals surface area contributed by atoms with Gasteiger partial charge in [-0.05, 0) is 0 Å². The van der Waals surface area contributed by atoms with Crippen molar-refractivity contribution in [3.63, 3.8) is 0 Å². The molecule has 0 aliphatic carbocycles. The molecule has 0 aliphatic rings. The van der Waals surface area contributed by atoms with E-state index in [1.54, 1.807) is 4.68 Å². The van der Waals surface area contributed by atoms with Crippen LogP contribution in [0.5, 0.6) is 0 Å². The lowest BCUT2D eigenvalue weighted by molar-refractivity contribution is 0.514. The van der Waals surface area contributed by atoms with Crippen molar-refractivity contribution < 1.29 is 8.42 Å². The average molecular weight is 314 g/mol. The molecule has 0 bridgehead atoms. The van der Waals surface area contributed by atoms with Crippen LogP contribution in [0.15, 0.2) is 17.3 Å². The van der Waals surface area contributed by atoms with Gasteiger partial charge < -0.3 is 5.32 Å². The van der Waals surface area contributed by atoms with Gasteiger partial charge in [0.1, 0.15) is 4.90 Å². The second-order valence-electron chi connectivity index (χ2n) is 4.70. The van der Waals surface area contributed by atoms with Crippen molar-refractivity contribution in [3.8, 4) is 0 Å². The van der Waals surface area contributed by atoms with Gasteiger partial charge in [-0.3, -0.25) is 4.68 Å². The molecule has 2 heterocycles. The van der Waals surface area contributed by atoms with Crippen molar-refractivity contribution in [1.29, 1.82) is 0 Å². The number of H-pyrrole nitrogens is 1. The van der Waals surface area contributed by atoms with Crippen molar-refractivity contribution in [2.24, 2.45) is 0 Å². The second-order valence-corrected chi connectivity index (χ2v) is 6.47. The monoisotopic (exact) mass is 314 g/mol. The molecular weight excluding hydrogens is 296 g/mol. The molecule has 2 rings (SSSR count). The SMILES string of the molecule is CC(C)NCCn1cc(S(=O)(=O)NCc2nn[nH]n2)cn1. The van der Waals surface area contributed by atoms with Crippen LogP contribution in [0.25, 0.3) is 0 Å². The predicted octanol–water partition coefficient (Wildman–Crippen LogP) is -1.13. The molecule has 2 aromatic heterocycles. The zero-order chi connectivity index (χ0) is 15.3. The fraction of sp³-hybridized carbons (Fsp3) is 0.600. The van der Waals surface area contributed by atoms with Gasteiger partial charge in [0.25, 0.3) is 0 Å². The van der Waals surface area contributed by atoms with Crippen LogP contribution in [0.1, 0.15) is 19.7 Å². The maximum absolute atomic E-state index is 12.1. The minimum Gasteiger partial charge on any atom is -0.313 e. The lowest BCUT2D eigenvalue weighted by Crippen LogP contribution is -2.27. The first-order valence-corrected chi connectivity index (χ1v) is 7.93. The fourth-order valence-corrected chi connectivity index (χ4v) is 2.51. The minimum absolute atomic E-state index is 0.0289. The Hall–Kier alpha value is -1.85. The number of rotatable bonds is 8. The van der Waals surface area contributed by atoms with Gasteiger partial charge in [0.05, 0.1) is 19.3 Å². The zero-order valence-electron chi connectivity index (χ0n) is 11.8.